The van der Waals surface area contributed by atoms with Gasteiger partial charge >= 0.3 is 12.0 Å². The summed E-state index contributed by atoms with van der Waals surface area (Å²) in [5.41, 5.74) is 0.829. The number of esters is 1. The summed E-state index contributed by atoms with van der Waals surface area (Å²) in [4.78, 5) is 25.7. The van der Waals surface area contributed by atoms with Gasteiger partial charge in [0.2, 0.25) is 0 Å². The Morgan fingerprint density at radius 1 is 1.65 bits per heavy atom. The molecular weight excluding hydrogens is 244 g/mol. The number of hydrogen-bond donors (Lipinski definition) is 1. The molecule has 2 aliphatic heterocycles. The Balaban J connectivity index is 2.13. The first-order valence-electron chi connectivity index (χ1n) is 5.09. The van der Waals surface area contributed by atoms with Gasteiger partial charge < -0.3 is 9.64 Å². The number of nitrogens with zero attached hydrogens (tertiary/aromatic N) is 2. The van der Waals surface area contributed by atoms with Crippen molar-refractivity contribution in [3.8, 4) is 0 Å². The molecule has 7 heteroatoms. The van der Waals surface area contributed by atoms with Gasteiger partial charge in [0.1, 0.15) is 6.04 Å². The summed E-state index contributed by atoms with van der Waals surface area (Å²) < 4.78 is 4.72. The highest BCUT2D eigenvalue weighted by Crippen LogP contribution is 2.45. The van der Waals surface area contributed by atoms with Crippen LogP contribution < -0.4 is 0 Å². The molecule has 1 N–H and O–H groups in total. The van der Waals surface area contributed by atoms with E-state index in [0.717, 1.165) is 10.4 Å². The molecular formula is C10H10N2O4S. The van der Waals surface area contributed by atoms with Gasteiger partial charge in [0.15, 0.2) is 6.04 Å². The van der Waals surface area contributed by atoms with Crippen LogP contribution in [-0.2, 0) is 9.53 Å². The zero-order valence-electron chi connectivity index (χ0n) is 8.99. The summed E-state index contributed by atoms with van der Waals surface area (Å²) in [6.07, 6.45) is 0. The zero-order valence-corrected chi connectivity index (χ0v) is 9.81. The van der Waals surface area contributed by atoms with E-state index in [2.05, 4.69) is 0 Å². The first-order chi connectivity index (χ1) is 8.15. The molecule has 2 amide bonds. The normalized spacial score (nSPS) is 26.1. The lowest BCUT2D eigenvalue weighted by Gasteiger charge is -2.28. The van der Waals surface area contributed by atoms with Crippen LogP contribution >= 0.6 is 11.3 Å². The lowest BCUT2D eigenvalue weighted by molar-refractivity contribution is -0.146. The smallest absolute Gasteiger partial charge is 0.345 e. The second-order valence-electron chi connectivity index (χ2n) is 3.96. The Labute approximate surface area is 101 Å². The number of fused-ring (bicyclic) bond motifs is 4. The van der Waals surface area contributed by atoms with Crippen molar-refractivity contribution in [2.75, 3.05) is 13.7 Å². The van der Waals surface area contributed by atoms with Gasteiger partial charge in [0.05, 0.1) is 13.7 Å². The average molecular weight is 254 g/mol. The molecule has 0 saturated carbocycles. The fourth-order valence-electron chi connectivity index (χ4n) is 2.37. The van der Waals surface area contributed by atoms with Crippen molar-refractivity contribution in [1.29, 1.82) is 0 Å². The van der Waals surface area contributed by atoms with E-state index >= 15 is 0 Å². The molecule has 17 heavy (non-hydrogen) atoms. The van der Waals surface area contributed by atoms with Crippen LogP contribution in [0.5, 0.6) is 0 Å². The molecule has 3 heterocycles. The second kappa shape index (κ2) is 3.44. The Hall–Kier alpha value is -1.60. The third-order valence-corrected chi connectivity index (χ3v) is 4.16. The molecule has 2 bridgehead atoms. The molecule has 1 aromatic heterocycles. The number of hydroxylamine groups is 2. The van der Waals surface area contributed by atoms with E-state index in [9.17, 15) is 14.8 Å². The zero-order chi connectivity index (χ0) is 12.2. The number of carbonyl (C=O) groups excluding carboxylic acids is 2. The van der Waals surface area contributed by atoms with Crippen LogP contribution in [0.2, 0.25) is 0 Å². The fraction of sp³-hybridized carbons (Fsp3) is 0.400. The summed E-state index contributed by atoms with van der Waals surface area (Å²) >= 11 is 1.40. The van der Waals surface area contributed by atoms with E-state index in [1.807, 2.05) is 11.4 Å². The van der Waals surface area contributed by atoms with Crippen molar-refractivity contribution >= 4 is 23.3 Å². The van der Waals surface area contributed by atoms with Crippen LogP contribution in [0, 0.1) is 0 Å². The molecule has 0 aromatic carbocycles. The highest BCUT2D eigenvalue weighted by atomic mass is 32.1. The summed E-state index contributed by atoms with van der Waals surface area (Å²) in [6, 6.07) is 0.189. The van der Waals surface area contributed by atoms with Crippen molar-refractivity contribution in [3.05, 3.63) is 21.9 Å². The minimum Gasteiger partial charge on any atom is -0.467 e. The van der Waals surface area contributed by atoms with Crippen molar-refractivity contribution in [1.82, 2.24) is 9.96 Å². The van der Waals surface area contributed by atoms with Crippen molar-refractivity contribution in [3.63, 3.8) is 0 Å². The molecule has 1 aromatic rings. The van der Waals surface area contributed by atoms with Crippen molar-refractivity contribution in [2.24, 2.45) is 0 Å². The molecule has 1 saturated heterocycles. The molecule has 1 fully saturated rings. The van der Waals surface area contributed by atoms with E-state index in [0.29, 0.717) is 11.6 Å². The first-order valence-corrected chi connectivity index (χ1v) is 5.97. The van der Waals surface area contributed by atoms with Gasteiger partial charge in [-0.1, -0.05) is 0 Å². The van der Waals surface area contributed by atoms with Crippen LogP contribution in [0.3, 0.4) is 0 Å². The maximum atomic E-state index is 11.8. The third kappa shape index (κ3) is 1.23. The number of urea groups is 1. The lowest BCUT2D eigenvalue weighted by atomic mass is 10.00. The van der Waals surface area contributed by atoms with Gasteiger partial charge in [-0.2, -0.15) is 5.06 Å². The first kappa shape index (κ1) is 10.5. The number of methoxy groups -OCH3 is 1. The highest BCUT2D eigenvalue weighted by molar-refractivity contribution is 7.10. The van der Waals surface area contributed by atoms with Crippen LogP contribution in [-0.4, -0.2) is 40.8 Å². The van der Waals surface area contributed by atoms with Gasteiger partial charge in [-0.3, -0.25) is 5.21 Å². The van der Waals surface area contributed by atoms with Gasteiger partial charge in [-0.05, 0) is 17.0 Å². The number of thiophene rings is 1. The van der Waals surface area contributed by atoms with Gasteiger partial charge in [-0.25, -0.2) is 9.59 Å². The minimum atomic E-state index is -0.726. The predicted octanol–water partition coefficient (Wildman–Crippen LogP) is 1.14. The number of amides is 2. The summed E-state index contributed by atoms with van der Waals surface area (Å²) in [5, 5.41) is 12.2. The van der Waals surface area contributed by atoms with Gasteiger partial charge in [-0.15, -0.1) is 11.3 Å². The van der Waals surface area contributed by atoms with Crippen molar-refractivity contribution < 1.29 is 19.5 Å². The van der Waals surface area contributed by atoms with E-state index in [1.54, 1.807) is 0 Å². The standard InChI is InChI=1S/C10H10N2O4S/c1-16-9(13)7-8-5(2-3-17-8)6-4-11(7)10(14)12(6)15/h2-3,6-7,15H,4H2,1H3. The monoisotopic (exact) mass is 254 g/mol. The average Bonchev–Trinajstić information content (AvgIpc) is 2.90. The summed E-state index contributed by atoms with van der Waals surface area (Å²) in [5.74, 6) is -0.476. The third-order valence-electron chi connectivity index (χ3n) is 3.18. The highest BCUT2D eigenvalue weighted by Gasteiger charge is 2.51. The Morgan fingerprint density at radius 2 is 2.41 bits per heavy atom. The van der Waals surface area contributed by atoms with E-state index in [4.69, 9.17) is 4.74 Å². The van der Waals surface area contributed by atoms with Crippen molar-refractivity contribution in [2.45, 2.75) is 12.1 Å². The molecule has 3 rings (SSSR count). The topological polar surface area (TPSA) is 70.1 Å². The van der Waals surface area contributed by atoms with Crippen LogP contribution in [0.1, 0.15) is 22.5 Å². The molecule has 90 valence electrons. The predicted molar refractivity (Wildman–Crippen MR) is 57.5 cm³/mol. The van der Waals surface area contributed by atoms with Crippen LogP contribution in [0.25, 0.3) is 0 Å². The summed E-state index contributed by atoms with van der Waals surface area (Å²) in [7, 11) is 1.29. The second-order valence-corrected chi connectivity index (χ2v) is 4.91. The number of rotatable bonds is 1. The fourth-order valence-corrected chi connectivity index (χ4v) is 3.42. The SMILES string of the molecule is COC(=O)C1c2sccc2C2CN1C(=O)N2O. The number of ether oxygens (including phenoxy) is 1. The van der Waals surface area contributed by atoms with E-state index in [-0.39, 0.29) is 6.04 Å². The molecule has 2 aliphatic rings. The minimum absolute atomic E-state index is 0.318. The molecule has 6 nitrogen and oxygen atoms in total. The molecule has 0 spiro atoms. The Morgan fingerprint density at radius 3 is 3.12 bits per heavy atom. The quantitative estimate of drug-likeness (QED) is 0.602. The van der Waals surface area contributed by atoms with Gasteiger partial charge in [0, 0.05) is 4.88 Å². The maximum Gasteiger partial charge on any atom is 0.345 e. The largest absolute Gasteiger partial charge is 0.467 e. The number of carbonyl (C=O) groups is 2. The van der Waals surface area contributed by atoms with E-state index in [1.165, 1.54) is 23.3 Å². The molecule has 2 unspecified atom stereocenters. The lowest BCUT2D eigenvalue weighted by Crippen LogP contribution is -2.38. The molecule has 2 atom stereocenters. The Bertz CT molecular complexity index is 500. The number of hydrogen-bond acceptors (Lipinski definition) is 5. The van der Waals surface area contributed by atoms with Crippen LogP contribution in [0.15, 0.2) is 11.4 Å². The van der Waals surface area contributed by atoms with Crippen LogP contribution in [0.4, 0.5) is 4.79 Å². The van der Waals surface area contributed by atoms with Gasteiger partial charge in [0.25, 0.3) is 0 Å². The van der Waals surface area contributed by atoms with E-state index < -0.39 is 18.0 Å². The molecule has 0 aliphatic carbocycles. The Kier molecular flexibility index (Phi) is 2.14. The maximum absolute atomic E-state index is 11.8. The summed E-state index contributed by atoms with van der Waals surface area (Å²) in [6.45, 7) is 0.318. The molecule has 0 radical (unpaired) electrons.